The summed E-state index contributed by atoms with van der Waals surface area (Å²) in [4.78, 5) is 11.7. The molecule has 0 saturated carbocycles. The normalized spacial score (nSPS) is 11.4. The molecule has 4 heteroatoms. The van der Waals surface area contributed by atoms with E-state index in [4.69, 9.17) is 10.5 Å². The van der Waals surface area contributed by atoms with Gasteiger partial charge in [-0.1, -0.05) is 32.9 Å². The fourth-order valence-corrected chi connectivity index (χ4v) is 1.64. The van der Waals surface area contributed by atoms with Crippen molar-refractivity contribution in [2.24, 2.45) is 11.1 Å². The highest BCUT2D eigenvalue weighted by atomic mass is 16.5. The number of hydrogen-bond acceptors (Lipinski definition) is 3. The number of rotatable bonds is 7. The Morgan fingerprint density at radius 3 is 2.70 bits per heavy atom. The molecule has 20 heavy (non-hydrogen) atoms. The maximum absolute atomic E-state index is 11.7. The highest BCUT2D eigenvalue weighted by molar-refractivity contribution is 5.90. The summed E-state index contributed by atoms with van der Waals surface area (Å²) in [6.45, 7) is 8.14. The molecule has 3 N–H and O–H groups in total. The van der Waals surface area contributed by atoms with E-state index in [1.54, 1.807) is 0 Å². The van der Waals surface area contributed by atoms with Gasteiger partial charge in [0, 0.05) is 18.8 Å². The number of hydrogen-bond donors (Lipinski definition) is 2. The summed E-state index contributed by atoms with van der Waals surface area (Å²) in [6, 6.07) is 7.57. The lowest BCUT2D eigenvalue weighted by molar-refractivity contribution is -0.117. The minimum atomic E-state index is -0.0325. The summed E-state index contributed by atoms with van der Waals surface area (Å²) >= 11 is 0. The number of nitrogens with one attached hydrogen (secondary N) is 1. The van der Waals surface area contributed by atoms with Gasteiger partial charge in [-0.15, -0.1) is 0 Å². The first-order valence-electron chi connectivity index (χ1n) is 7.07. The second-order valence-electron chi connectivity index (χ2n) is 6.13. The molecule has 1 amide bonds. The molecule has 0 aliphatic rings. The monoisotopic (exact) mass is 278 g/mol. The first-order valence-corrected chi connectivity index (χ1v) is 7.07. The lowest BCUT2D eigenvalue weighted by atomic mass is 9.93. The fraction of sp³-hybridized carbons (Fsp3) is 0.562. The van der Waals surface area contributed by atoms with Crippen LogP contribution in [0.4, 0.5) is 5.69 Å². The zero-order valence-electron chi connectivity index (χ0n) is 12.7. The Morgan fingerprint density at radius 1 is 1.30 bits per heavy atom. The number of carbonyl (C=O) groups is 1. The molecule has 0 fully saturated rings. The van der Waals surface area contributed by atoms with Crippen molar-refractivity contribution < 1.29 is 9.53 Å². The van der Waals surface area contributed by atoms with E-state index < -0.39 is 0 Å². The van der Waals surface area contributed by atoms with Crippen LogP contribution in [0.5, 0.6) is 0 Å². The van der Waals surface area contributed by atoms with Crippen LogP contribution in [0.1, 0.15) is 39.2 Å². The van der Waals surface area contributed by atoms with E-state index in [-0.39, 0.29) is 11.3 Å². The molecule has 1 aromatic rings. The Hall–Kier alpha value is -1.39. The van der Waals surface area contributed by atoms with Crippen molar-refractivity contribution in [1.29, 1.82) is 0 Å². The minimum Gasteiger partial charge on any atom is -0.381 e. The van der Waals surface area contributed by atoms with Gasteiger partial charge < -0.3 is 15.8 Å². The van der Waals surface area contributed by atoms with Gasteiger partial charge >= 0.3 is 0 Å². The van der Waals surface area contributed by atoms with Gasteiger partial charge in [0.2, 0.25) is 5.91 Å². The van der Waals surface area contributed by atoms with Gasteiger partial charge in [0.15, 0.2) is 0 Å². The van der Waals surface area contributed by atoms with Crippen LogP contribution in [-0.2, 0) is 16.1 Å². The maximum atomic E-state index is 11.7. The Morgan fingerprint density at radius 2 is 2.05 bits per heavy atom. The summed E-state index contributed by atoms with van der Waals surface area (Å²) in [5.74, 6) is -0.0325. The van der Waals surface area contributed by atoms with Gasteiger partial charge in [0.25, 0.3) is 0 Å². The van der Waals surface area contributed by atoms with Crippen LogP contribution >= 0.6 is 0 Å². The average molecular weight is 278 g/mol. The minimum absolute atomic E-state index is 0.0325. The van der Waals surface area contributed by atoms with E-state index in [9.17, 15) is 4.79 Å². The summed E-state index contributed by atoms with van der Waals surface area (Å²) < 4.78 is 5.48. The standard InChI is InChI=1S/C16H26N2O2/c1-16(2,3)8-10-20-9-7-15(19)18-14-6-4-5-13(11-14)12-17/h4-6,11H,7-10,12,17H2,1-3H3,(H,18,19). The van der Waals surface area contributed by atoms with Gasteiger partial charge in [-0.3, -0.25) is 4.79 Å². The first-order chi connectivity index (χ1) is 9.40. The van der Waals surface area contributed by atoms with Crippen LogP contribution in [0, 0.1) is 5.41 Å². The van der Waals surface area contributed by atoms with Crippen LogP contribution < -0.4 is 11.1 Å². The molecular formula is C16H26N2O2. The van der Waals surface area contributed by atoms with Crippen LogP contribution in [0.3, 0.4) is 0 Å². The van der Waals surface area contributed by atoms with Crippen molar-refractivity contribution >= 4 is 11.6 Å². The van der Waals surface area contributed by atoms with E-state index >= 15 is 0 Å². The molecule has 0 aliphatic heterocycles. The highest BCUT2D eigenvalue weighted by Gasteiger charge is 2.09. The lowest BCUT2D eigenvalue weighted by Gasteiger charge is -2.17. The van der Waals surface area contributed by atoms with Gasteiger partial charge in [0.1, 0.15) is 0 Å². The number of benzene rings is 1. The summed E-state index contributed by atoms with van der Waals surface area (Å²) in [5.41, 5.74) is 7.62. The number of anilines is 1. The van der Waals surface area contributed by atoms with Crippen molar-refractivity contribution in [3.8, 4) is 0 Å². The van der Waals surface area contributed by atoms with E-state index in [1.807, 2.05) is 24.3 Å². The van der Waals surface area contributed by atoms with E-state index in [0.29, 0.717) is 26.2 Å². The molecule has 0 spiro atoms. The predicted octanol–water partition coefficient (Wildman–Crippen LogP) is 2.93. The number of carbonyl (C=O) groups excluding carboxylic acids is 1. The maximum Gasteiger partial charge on any atom is 0.226 e. The molecule has 0 heterocycles. The molecule has 112 valence electrons. The zero-order valence-corrected chi connectivity index (χ0v) is 12.7. The SMILES string of the molecule is CC(C)(C)CCOCCC(=O)Nc1cccc(CN)c1. The molecule has 0 unspecified atom stereocenters. The lowest BCUT2D eigenvalue weighted by Crippen LogP contribution is -2.16. The van der Waals surface area contributed by atoms with Crippen molar-refractivity contribution in [3.63, 3.8) is 0 Å². The zero-order chi connectivity index (χ0) is 15.0. The van der Waals surface area contributed by atoms with E-state index in [0.717, 1.165) is 17.7 Å². The first kappa shape index (κ1) is 16.7. The molecule has 0 atom stereocenters. The van der Waals surface area contributed by atoms with Crippen LogP contribution in [-0.4, -0.2) is 19.1 Å². The molecule has 0 bridgehead atoms. The third-order valence-corrected chi connectivity index (χ3v) is 2.92. The largest absolute Gasteiger partial charge is 0.381 e. The summed E-state index contributed by atoms with van der Waals surface area (Å²) in [6.07, 6.45) is 1.37. The van der Waals surface area contributed by atoms with E-state index in [1.165, 1.54) is 0 Å². The van der Waals surface area contributed by atoms with Crippen LogP contribution in [0.25, 0.3) is 0 Å². The molecule has 1 rings (SSSR count). The van der Waals surface area contributed by atoms with Crippen LogP contribution in [0.2, 0.25) is 0 Å². The van der Waals surface area contributed by atoms with Crippen molar-refractivity contribution in [2.75, 3.05) is 18.5 Å². The van der Waals surface area contributed by atoms with Crippen molar-refractivity contribution in [2.45, 2.75) is 40.2 Å². The van der Waals surface area contributed by atoms with Gasteiger partial charge in [-0.05, 0) is 29.5 Å². The summed E-state index contributed by atoms with van der Waals surface area (Å²) in [7, 11) is 0. The smallest absolute Gasteiger partial charge is 0.226 e. The Balaban J connectivity index is 2.23. The average Bonchev–Trinajstić information content (AvgIpc) is 2.37. The highest BCUT2D eigenvalue weighted by Crippen LogP contribution is 2.17. The third-order valence-electron chi connectivity index (χ3n) is 2.92. The molecule has 0 saturated heterocycles. The summed E-state index contributed by atoms with van der Waals surface area (Å²) in [5, 5.41) is 2.85. The van der Waals surface area contributed by atoms with Crippen molar-refractivity contribution in [3.05, 3.63) is 29.8 Å². The van der Waals surface area contributed by atoms with Gasteiger partial charge in [-0.25, -0.2) is 0 Å². The molecule has 0 aliphatic carbocycles. The molecule has 0 radical (unpaired) electrons. The second kappa shape index (κ2) is 8.02. The Labute approximate surface area is 121 Å². The topological polar surface area (TPSA) is 64.3 Å². The number of ether oxygens (including phenoxy) is 1. The molecule has 0 aromatic heterocycles. The molecule has 1 aromatic carbocycles. The predicted molar refractivity (Wildman–Crippen MR) is 82.5 cm³/mol. The van der Waals surface area contributed by atoms with Gasteiger partial charge in [-0.2, -0.15) is 0 Å². The Bertz CT molecular complexity index is 425. The van der Waals surface area contributed by atoms with E-state index in [2.05, 4.69) is 26.1 Å². The van der Waals surface area contributed by atoms with Crippen LogP contribution in [0.15, 0.2) is 24.3 Å². The van der Waals surface area contributed by atoms with Gasteiger partial charge in [0.05, 0.1) is 13.0 Å². The number of nitrogens with two attached hydrogens (primary N) is 1. The molecular weight excluding hydrogens is 252 g/mol. The third kappa shape index (κ3) is 7.26. The number of amides is 1. The fourth-order valence-electron chi connectivity index (χ4n) is 1.64. The Kier molecular flexibility index (Phi) is 6.68. The van der Waals surface area contributed by atoms with Crippen molar-refractivity contribution in [1.82, 2.24) is 0 Å². The molecule has 4 nitrogen and oxygen atoms in total. The quantitative estimate of drug-likeness (QED) is 0.754. The second-order valence-corrected chi connectivity index (χ2v) is 6.13.